The third kappa shape index (κ3) is 2.95. The van der Waals surface area contributed by atoms with Crippen LogP contribution in [0.4, 0.5) is 0 Å². The van der Waals surface area contributed by atoms with Gasteiger partial charge in [-0.1, -0.05) is 6.07 Å². The molecule has 0 heterocycles. The number of nitrogens with zero attached hydrogens (tertiary/aromatic N) is 1. The summed E-state index contributed by atoms with van der Waals surface area (Å²) >= 11 is 3.34. The number of ether oxygens (including phenoxy) is 1. The summed E-state index contributed by atoms with van der Waals surface area (Å²) in [6.45, 7) is 1.41. The molecule has 0 bridgehead atoms. The molecule has 0 spiro atoms. The molecule has 2 rings (SSSR count). The number of carbonyl (C=O) groups excluding carboxylic acids is 1. The van der Waals surface area contributed by atoms with Gasteiger partial charge in [0.25, 0.3) is 0 Å². The molecule has 108 valence electrons. The van der Waals surface area contributed by atoms with Crippen molar-refractivity contribution in [1.29, 1.82) is 0 Å². The molecule has 0 aliphatic heterocycles. The maximum atomic E-state index is 11.8. The van der Waals surface area contributed by atoms with Crippen LogP contribution in [0.15, 0.2) is 22.7 Å². The van der Waals surface area contributed by atoms with Crippen molar-refractivity contribution >= 4 is 27.8 Å². The van der Waals surface area contributed by atoms with E-state index in [1.165, 1.54) is 11.8 Å². The quantitative estimate of drug-likeness (QED) is 0.893. The van der Waals surface area contributed by atoms with Crippen molar-refractivity contribution < 1.29 is 19.4 Å². The van der Waals surface area contributed by atoms with Crippen LogP contribution in [-0.4, -0.2) is 35.0 Å². The summed E-state index contributed by atoms with van der Waals surface area (Å²) < 4.78 is 5.80. The number of halogens is 1. The van der Waals surface area contributed by atoms with E-state index in [9.17, 15) is 14.7 Å². The zero-order chi connectivity index (χ0) is 14.9. The second kappa shape index (κ2) is 5.83. The monoisotopic (exact) mass is 341 g/mol. The van der Waals surface area contributed by atoms with Crippen LogP contribution >= 0.6 is 15.9 Å². The van der Waals surface area contributed by atoms with Crippen molar-refractivity contribution in [2.45, 2.75) is 31.8 Å². The Morgan fingerprint density at radius 1 is 1.45 bits per heavy atom. The smallest absolute Gasteiger partial charge is 0.331 e. The molecule has 1 aromatic rings. The number of rotatable bonds is 5. The van der Waals surface area contributed by atoms with Crippen molar-refractivity contribution in [2.24, 2.45) is 0 Å². The molecule has 1 unspecified atom stereocenters. The van der Waals surface area contributed by atoms with Crippen LogP contribution in [0.1, 0.15) is 31.4 Å². The summed E-state index contributed by atoms with van der Waals surface area (Å²) in [7, 11) is 1.54. The molecule has 0 saturated heterocycles. The molecule has 1 aliphatic rings. The summed E-state index contributed by atoms with van der Waals surface area (Å²) in [4.78, 5) is 24.8. The minimum atomic E-state index is -1.02. The van der Waals surface area contributed by atoms with Crippen molar-refractivity contribution in [3.8, 4) is 5.75 Å². The first-order chi connectivity index (χ1) is 9.45. The molecule has 1 saturated carbocycles. The molecule has 1 aliphatic carbocycles. The Labute approximate surface area is 125 Å². The van der Waals surface area contributed by atoms with Crippen LogP contribution in [0.5, 0.6) is 5.75 Å². The van der Waals surface area contributed by atoms with Gasteiger partial charge in [0.15, 0.2) is 6.04 Å². The van der Waals surface area contributed by atoms with Crippen molar-refractivity contribution in [2.75, 3.05) is 7.11 Å². The van der Waals surface area contributed by atoms with Gasteiger partial charge in [-0.15, -0.1) is 0 Å². The van der Waals surface area contributed by atoms with Gasteiger partial charge in [0.1, 0.15) is 5.75 Å². The van der Waals surface area contributed by atoms with Crippen molar-refractivity contribution in [1.82, 2.24) is 4.90 Å². The highest BCUT2D eigenvalue weighted by molar-refractivity contribution is 9.10. The molecular weight excluding hydrogens is 326 g/mol. The fourth-order valence-corrected chi connectivity index (χ4v) is 2.84. The molecule has 5 nitrogen and oxygen atoms in total. The lowest BCUT2D eigenvalue weighted by atomic mass is 10.0. The Hall–Kier alpha value is -1.56. The minimum Gasteiger partial charge on any atom is -0.496 e. The van der Waals surface area contributed by atoms with E-state index >= 15 is 0 Å². The largest absolute Gasteiger partial charge is 0.496 e. The predicted octanol–water partition coefficient (Wildman–Crippen LogP) is 2.59. The molecule has 0 aromatic heterocycles. The van der Waals surface area contributed by atoms with E-state index < -0.39 is 12.0 Å². The number of methoxy groups -OCH3 is 1. The highest BCUT2D eigenvalue weighted by Crippen LogP contribution is 2.37. The Morgan fingerprint density at radius 2 is 2.10 bits per heavy atom. The van der Waals surface area contributed by atoms with Crippen LogP contribution in [0.2, 0.25) is 0 Å². The number of carboxylic acid groups (broad SMARTS) is 1. The van der Waals surface area contributed by atoms with Gasteiger partial charge in [0.05, 0.1) is 11.6 Å². The molecule has 1 amide bonds. The summed E-state index contributed by atoms with van der Waals surface area (Å²) in [6, 6.07) is 4.15. The second-order valence-corrected chi connectivity index (χ2v) is 5.65. The van der Waals surface area contributed by atoms with E-state index in [0.717, 1.165) is 12.8 Å². The van der Waals surface area contributed by atoms with Gasteiger partial charge in [0.2, 0.25) is 5.91 Å². The minimum absolute atomic E-state index is 0.0366. The molecular formula is C14H16BrNO4. The average Bonchev–Trinajstić information content (AvgIpc) is 3.18. The standard InChI is InChI=1S/C14H16BrNO4/c1-8(17)16(10-4-5-10)13(14(18)19)9-3-6-12(20-2)11(15)7-9/h3,6-7,10,13H,4-5H2,1-2H3,(H,18,19). The third-order valence-electron chi connectivity index (χ3n) is 3.31. The topological polar surface area (TPSA) is 66.8 Å². The van der Waals surface area contributed by atoms with E-state index in [1.807, 2.05) is 0 Å². The van der Waals surface area contributed by atoms with E-state index in [-0.39, 0.29) is 11.9 Å². The summed E-state index contributed by atoms with van der Waals surface area (Å²) in [5.41, 5.74) is 0.562. The van der Waals surface area contributed by atoms with Crippen LogP contribution in [0.25, 0.3) is 0 Å². The summed E-state index contributed by atoms with van der Waals surface area (Å²) in [5, 5.41) is 9.50. The summed E-state index contributed by atoms with van der Waals surface area (Å²) in [6.07, 6.45) is 1.72. The number of carbonyl (C=O) groups is 2. The fourth-order valence-electron chi connectivity index (χ4n) is 2.28. The molecule has 0 radical (unpaired) electrons. The van der Waals surface area contributed by atoms with Crippen LogP contribution in [0.3, 0.4) is 0 Å². The summed E-state index contributed by atoms with van der Waals surface area (Å²) in [5.74, 6) is -0.616. The molecule has 6 heteroatoms. The number of aliphatic carboxylic acids is 1. The Bertz CT molecular complexity index is 542. The second-order valence-electron chi connectivity index (χ2n) is 4.79. The Balaban J connectivity index is 2.39. The number of hydrogen-bond acceptors (Lipinski definition) is 3. The van der Waals surface area contributed by atoms with Crippen molar-refractivity contribution in [3.05, 3.63) is 28.2 Å². The van der Waals surface area contributed by atoms with Crippen molar-refractivity contribution in [3.63, 3.8) is 0 Å². The highest BCUT2D eigenvalue weighted by Gasteiger charge is 2.40. The first kappa shape index (κ1) is 14.8. The molecule has 20 heavy (non-hydrogen) atoms. The van der Waals surface area contributed by atoms with Crippen LogP contribution in [0, 0.1) is 0 Å². The average molecular weight is 342 g/mol. The fraction of sp³-hybridized carbons (Fsp3) is 0.429. The SMILES string of the molecule is COc1ccc(C(C(=O)O)N(C(C)=O)C2CC2)cc1Br. The maximum absolute atomic E-state index is 11.8. The van der Waals surface area contributed by atoms with Gasteiger partial charge in [-0.2, -0.15) is 0 Å². The van der Waals surface area contributed by atoms with Gasteiger partial charge in [-0.3, -0.25) is 4.79 Å². The highest BCUT2D eigenvalue weighted by atomic mass is 79.9. The lowest BCUT2D eigenvalue weighted by Crippen LogP contribution is -2.39. The molecule has 1 atom stereocenters. The van der Waals surface area contributed by atoms with E-state index in [1.54, 1.807) is 25.3 Å². The predicted molar refractivity (Wildman–Crippen MR) is 76.6 cm³/mol. The van der Waals surface area contributed by atoms with Gasteiger partial charge in [0, 0.05) is 13.0 Å². The molecule has 1 fully saturated rings. The third-order valence-corrected chi connectivity index (χ3v) is 3.93. The zero-order valence-corrected chi connectivity index (χ0v) is 12.9. The van der Waals surface area contributed by atoms with Gasteiger partial charge in [-0.25, -0.2) is 4.79 Å². The normalized spacial score (nSPS) is 15.6. The van der Waals surface area contributed by atoms with E-state index in [2.05, 4.69) is 15.9 Å². The van der Waals surface area contributed by atoms with Crippen LogP contribution < -0.4 is 4.74 Å². The number of carboxylic acids is 1. The Kier molecular flexibility index (Phi) is 4.32. The van der Waals surface area contributed by atoms with Gasteiger partial charge < -0.3 is 14.7 Å². The zero-order valence-electron chi connectivity index (χ0n) is 11.3. The van der Waals surface area contributed by atoms with Gasteiger partial charge >= 0.3 is 5.97 Å². The maximum Gasteiger partial charge on any atom is 0.331 e. The van der Waals surface area contributed by atoms with Crippen LogP contribution in [-0.2, 0) is 9.59 Å². The molecule has 1 aromatic carbocycles. The van der Waals surface area contributed by atoms with E-state index in [4.69, 9.17) is 4.74 Å². The number of benzene rings is 1. The van der Waals surface area contributed by atoms with E-state index in [0.29, 0.717) is 15.8 Å². The van der Waals surface area contributed by atoms with Gasteiger partial charge in [-0.05, 0) is 46.5 Å². The first-order valence-corrected chi connectivity index (χ1v) is 7.10. The lowest BCUT2D eigenvalue weighted by Gasteiger charge is -2.28. The lowest BCUT2D eigenvalue weighted by molar-refractivity contribution is -0.150. The number of amides is 1. The Morgan fingerprint density at radius 3 is 2.50 bits per heavy atom. The molecule has 1 N–H and O–H groups in total. The number of hydrogen-bond donors (Lipinski definition) is 1. The first-order valence-electron chi connectivity index (χ1n) is 6.31.